The molecule has 3 aromatic carbocycles. The van der Waals surface area contributed by atoms with Gasteiger partial charge in [-0.3, -0.25) is 9.59 Å². The van der Waals surface area contributed by atoms with Gasteiger partial charge in [-0.1, -0.05) is 30.3 Å². The summed E-state index contributed by atoms with van der Waals surface area (Å²) in [6.07, 6.45) is -0.0537. The molecule has 0 atom stereocenters. The van der Waals surface area contributed by atoms with Crippen molar-refractivity contribution in [1.29, 1.82) is 0 Å². The van der Waals surface area contributed by atoms with E-state index in [-0.39, 0.29) is 12.2 Å². The minimum absolute atomic E-state index is 0.0537. The minimum atomic E-state index is -0.587. The zero-order valence-electron chi connectivity index (χ0n) is 16.1. The number of nitrogens with one attached hydrogen (secondary N) is 1. The van der Waals surface area contributed by atoms with Crippen molar-refractivity contribution in [1.82, 2.24) is 0 Å². The second-order valence-corrected chi connectivity index (χ2v) is 6.66. The summed E-state index contributed by atoms with van der Waals surface area (Å²) in [4.78, 5) is 24.2. The van der Waals surface area contributed by atoms with Crippen molar-refractivity contribution in [3.05, 3.63) is 72.0 Å². The molecule has 4 aromatic rings. The molecule has 0 unspecified atom stereocenters. The van der Waals surface area contributed by atoms with E-state index < -0.39 is 18.5 Å². The third-order valence-corrected chi connectivity index (χ3v) is 4.60. The molecule has 6 nitrogen and oxygen atoms in total. The Kier molecular flexibility index (Phi) is 5.34. The van der Waals surface area contributed by atoms with E-state index in [0.29, 0.717) is 22.6 Å². The summed E-state index contributed by atoms with van der Waals surface area (Å²) in [5, 5.41) is 4.48. The molecule has 0 bridgehead atoms. The van der Waals surface area contributed by atoms with Gasteiger partial charge in [-0.25, -0.2) is 4.39 Å². The van der Waals surface area contributed by atoms with Crippen molar-refractivity contribution in [2.24, 2.45) is 0 Å². The van der Waals surface area contributed by atoms with Crippen LogP contribution in [0.15, 0.2) is 65.1 Å². The number of ether oxygens (including phenoxy) is 2. The highest BCUT2D eigenvalue weighted by Gasteiger charge is 2.15. The van der Waals surface area contributed by atoms with Crippen molar-refractivity contribution in [2.45, 2.75) is 6.42 Å². The molecule has 0 aliphatic carbocycles. The summed E-state index contributed by atoms with van der Waals surface area (Å²) in [7, 11) is 1.50. The van der Waals surface area contributed by atoms with Crippen LogP contribution in [0.3, 0.4) is 0 Å². The summed E-state index contributed by atoms with van der Waals surface area (Å²) in [6.45, 7) is -0.457. The number of para-hydroxylation sites is 1. The summed E-state index contributed by atoms with van der Waals surface area (Å²) in [6, 6.07) is 16.6. The average Bonchev–Trinajstić information content (AvgIpc) is 3.10. The van der Waals surface area contributed by atoms with E-state index in [2.05, 4.69) is 5.32 Å². The number of hydrogen-bond acceptors (Lipinski definition) is 5. The first-order chi connectivity index (χ1) is 14.5. The fourth-order valence-corrected chi connectivity index (χ4v) is 3.17. The number of esters is 1. The molecule has 0 fully saturated rings. The highest BCUT2D eigenvalue weighted by Crippen LogP contribution is 2.36. The molecule has 1 N–H and O–H groups in total. The van der Waals surface area contributed by atoms with Crippen molar-refractivity contribution in [3.8, 4) is 5.75 Å². The first-order valence-corrected chi connectivity index (χ1v) is 9.22. The molecule has 0 spiro atoms. The summed E-state index contributed by atoms with van der Waals surface area (Å²) in [5.41, 5.74) is 2.33. The lowest BCUT2D eigenvalue weighted by atomic mass is 10.1. The van der Waals surface area contributed by atoms with Gasteiger partial charge in [0.25, 0.3) is 5.91 Å². The van der Waals surface area contributed by atoms with Gasteiger partial charge in [-0.2, -0.15) is 0 Å². The molecule has 1 amide bonds. The van der Waals surface area contributed by atoms with Crippen LogP contribution in [0.4, 0.5) is 10.1 Å². The molecular formula is C23H18FNO5. The Morgan fingerprint density at radius 3 is 2.53 bits per heavy atom. The quantitative estimate of drug-likeness (QED) is 0.478. The Hall–Kier alpha value is -3.87. The van der Waals surface area contributed by atoms with Crippen molar-refractivity contribution < 1.29 is 27.9 Å². The number of methoxy groups -OCH3 is 1. The molecule has 152 valence electrons. The van der Waals surface area contributed by atoms with E-state index in [1.54, 1.807) is 12.1 Å². The van der Waals surface area contributed by atoms with Gasteiger partial charge in [0.15, 0.2) is 6.61 Å². The first-order valence-electron chi connectivity index (χ1n) is 9.22. The van der Waals surface area contributed by atoms with Crippen LogP contribution in [0.1, 0.15) is 5.56 Å². The number of benzene rings is 3. The van der Waals surface area contributed by atoms with E-state index in [1.807, 2.05) is 24.3 Å². The lowest BCUT2D eigenvalue weighted by molar-refractivity contribution is -0.146. The van der Waals surface area contributed by atoms with Gasteiger partial charge in [-0.05, 0) is 29.8 Å². The number of carbonyl (C=O) groups excluding carboxylic acids is 2. The number of amides is 1. The SMILES string of the molecule is COc1cc2c(cc1NC(=O)COC(=O)Cc1ccc(F)cc1)oc1ccccc12. The molecule has 4 rings (SSSR count). The molecule has 0 saturated heterocycles. The van der Waals surface area contributed by atoms with Crippen molar-refractivity contribution in [2.75, 3.05) is 19.0 Å². The fraction of sp³-hybridized carbons (Fsp3) is 0.130. The largest absolute Gasteiger partial charge is 0.495 e. The molecule has 0 aliphatic rings. The summed E-state index contributed by atoms with van der Waals surface area (Å²) >= 11 is 0. The Bertz CT molecular complexity index is 1230. The normalized spacial score (nSPS) is 10.9. The van der Waals surface area contributed by atoms with Gasteiger partial charge in [0.1, 0.15) is 22.7 Å². The standard InChI is InChI=1S/C23H18FNO5/c1-28-21-11-17-16-4-2-3-5-19(16)30-20(17)12-18(21)25-22(26)13-29-23(27)10-14-6-8-15(24)9-7-14/h2-9,11-12H,10,13H2,1H3,(H,25,26). The zero-order chi connectivity index (χ0) is 21.1. The minimum Gasteiger partial charge on any atom is -0.495 e. The van der Waals surface area contributed by atoms with Crippen LogP contribution in [0.5, 0.6) is 5.75 Å². The molecule has 1 aromatic heterocycles. The highest BCUT2D eigenvalue weighted by atomic mass is 19.1. The van der Waals surface area contributed by atoms with Crippen LogP contribution in [0, 0.1) is 5.82 Å². The number of carbonyl (C=O) groups is 2. The predicted octanol–water partition coefficient (Wildman–Crippen LogP) is 4.46. The predicted molar refractivity (Wildman–Crippen MR) is 110 cm³/mol. The Balaban J connectivity index is 1.43. The second kappa shape index (κ2) is 8.24. The van der Waals surface area contributed by atoms with Gasteiger partial charge in [-0.15, -0.1) is 0 Å². The maximum absolute atomic E-state index is 12.9. The Morgan fingerprint density at radius 2 is 1.77 bits per heavy atom. The van der Waals surface area contributed by atoms with E-state index in [1.165, 1.54) is 31.4 Å². The fourth-order valence-electron chi connectivity index (χ4n) is 3.17. The third kappa shape index (κ3) is 4.10. The number of fused-ring (bicyclic) bond motifs is 3. The zero-order valence-corrected chi connectivity index (χ0v) is 16.1. The molecule has 7 heteroatoms. The second-order valence-electron chi connectivity index (χ2n) is 6.66. The molecule has 0 aliphatic heterocycles. The lowest BCUT2D eigenvalue weighted by Crippen LogP contribution is -2.22. The topological polar surface area (TPSA) is 77.8 Å². The van der Waals surface area contributed by atoms with Crippen LogP contribution in [-0.4, -0.2) is 25.6 Å². The third-order valence-electron chi connectivity index (χ3n) is 4.60. The number of rotatable bonds is 6. The van der Waals surface area contributed by atoms with E-state index in [9.17, 15) is 14.0 Å². The van der Waals surface area contributed by atoms with E-state index in [4.69, 9.17) is 13.9 Å². The molecular weight excluding hydrogens is 389 g/mol. The molecule has 1 heterocycles. The van der Waals surface area contributed by atoms with Crippen molar-refractivity contribution in [3.63, 3.8) is 0 Å². The van der Waals surface area contributed by atoms with Gasteiger partial charge >= 0.3 is 5.97 Å². The Labute approximate surface area is 171 Å². The van der Waals surface area contributed by atoms with Crippen LogP contribution in [0.25, 0.3) is 21.9 Å². The molecule has 30 heavy (non-hydrogen) atoms. The van der Waals surface area contributed by atoms with E-state index in [0.717, 1.165) is 16.4 Å². The van der Waals surface area contributed by atoms with Crippen LogP contribution in [0.2, 0.25) is 0 Å². The summed E-state index contributed by atoms with van der Waals surface area (Å²) < 4.78 is 29.1. The van der Waals surface area contributed by atoms with Crippen LogP contribution in [-0.2, 0) is 20.7 Å². The van der Waals surface area contributed by atoms with Crippen LogP contribution >= 0.6 is 0 Å². The van der Waals surface area contributed by atoms with Gasteiger partial charge < -0.3 is 19.2 Å². The maximum Gasteiger partial charge on any atom is 0.310 e. The smallest absolute Gasteiger partial charge is 0.310 e. The molecule has 0 radical (unpaired) electrons. The van der Waals surface area contributed by atoms with Gasteiger partial charge in [0.05, 0.1) is 19.2 Å². The Morgan fingerprint density at radius 1 is 1.00 bits per heavy atom. The van der Waals surface area contributed by atoms with E-state index >= 15 is 0 Å². The van der Waals surface area contributed by atoms with Gasteiger partial charge in [0, 0.05) is 16.8 Å². The maximum atomic E-state index is 12.9. The monoisotopic (exact) mass is 407 g/mol. The highest BCUT2D eigenvalue weighted by molar-refractivity contribution is 6.07. The van der Waals surface area contributed by atoms with Gasteiger partial charge in [0.2, 0.25) is 0 Å². The van der Waals surface area contributed by atoms with Crippen molar-refractivity contribution >= 4 is 39.5 Å². The number of anilines is 1. The molecule has 0 saturated carbocycles. The number of halogens is 1. The number of furan rings is 1. The van der Waals surface area contributed by atoms with Crippen LogP contribution < -0.4 is 10.1 Å². The summed E-state index contributed by atoms with van der Waals surface area (Å²) in [5.74, 6) is -1.03. The average molecular weight is 407 g/mol. The number of hydrogen-bond donors (Lipinski definition) is 1. The lowest BCUT2D eigenvalue weighted by Gasteiger charge is -2.11. The first kappa shape index (κ1) is 19.4.